The van der Waals surface area contributed by atoms with E-state index in [1.54, 1.807) is 6.20 Å². The Morgan fingerprint density at radius 2 is 2.27 bits per heavy atom. The fraction of sp³-hybridized carbons (Fsp3) is 0.300. The van der Waals surface area contributed by atoms with Gasteiger partial charge in [-0.1, -0.05) is 13.0 Å². The summed E-state index contributed by atoms with van der Waals surface area (Å²) in [4.78, 5) is 4.11. The summed E-state index contributed by atoms with van der Waals surface area (Å²) in [5, 5.41) is 7.78. The molecule has 2 aromatic rings. The van der Waals surface area contributed by atoms with Crippen LogP contribution in [0, 0.1) is 0 Å². The average Bonchev–Trinajstić information content (AvgIpc) is 2.78. The molecule has 0 aromatic carbocycles. The molecular formula is C10H12N4O. The van der Waals surface area contributed by atoms with Crippen LogP contribution < -0.4 is 5.73 Å². The Labute approximate surface area is 87.3 Å². The number of hydrogen-bond donors (Lipinski definition) is 1. The minimum atomic E-state index is -0.199. The molecule has 2 rings (SSSR count). The van der Waals surface area contributed by atoms with Crippen molar-refractivity contribution >= 4 is 0 Å². The van der Waals surface area contributed by atoms with Gasteiger partial charge in [-0.3, -0.25) is 4.98 Å². The van der Waals surface area contributed by atoms with E-state index in [9.17, 15) is 0 Å². The van der Waals surface area contributed by atoms with Crippen molar-refractivity contribution in [2.75, 3.05) is 0 Å². The lowest BCUT2D eigenvalue weighted by Crippen LogP contribution is -2.08. The molecule has 0 aliphatic rings. The van der Waals surface area contributed by atoms with Gasteiger partial charge in [0.15, 0.2) is 0 Å². The number of nitrogens with zero attached hydrogens (tertiary/aromatic N) is 3. The summed E-state index contributed by atoms with van der Waals surface area (Å²) >= 11 is 0. The van der Waals surface area contributed by atoms with Gasteiger partial charge in [0.25, 0.3) is 5.89 Å². The van der Waals surface area contributed by atoms with Gasteiger partial charge in [-0.25, -0.2) is 0 Å². The SMILES string of the molecule is CCC(N)c1nnc(-c2ccccn2)o1. The predicted octanol–water partition coefficient (Wildman–Crippen LogP) is 1.54. The highest BCUT2D eigenvalue weighted by molar-refractivity contribution is 5.44. The van der Waals surface area contributed by atoms with Crippen LogP contribution in [-0.4, -0.2) is 15.2 Å². The first-order chi connectivity index (χ1) is 7.31. The molecule has 5 nitrogen and oxygen atoms in total. The molecule has 2 heterocycles. The van der Waals surface area contributed by atoms with Gasteiger partial charge in [-0.05, 0) is 18.6 Å². The van der Waals surface area contributed by atoms with Crippen LogP contribution in [0.4, 0.5) is 0 Å². The summed E-state index contributed by atoms with van der Waals surface area (Å²) in [6.07, 6.45) is 2.45. The quantitative estimate of drug-likeness (QED) is 0.820. The fourth-order valence-electron chi connectivity index (χ4n) is 1.15. The highest BCUT2D eigenvalue weighted by atomic mass is 16.4. The number of aromatic nitrogens is 3. The van der Waals surface area contributed by atoms with Crippen LogP contribution in [0.1, 0.15) is 25.3 Å². The van der Waals surface area contributed by atoms with Gasteiger partial charge in [-0.2, -0.15) is 0 Å². The Hall–Kier alpha value is -1.75. The number of hydrogen-bond acceptors (Lipinski definition) is 5. The maximum atomic E-state index is 5.77. The first-order valence-electron chi connectivity index (χ1n) is 4.81. The summed E-state index contributed by atoms with van der Waals surface area (Å²) in [6.45, 7) is 1.97. The molecule has 0 radical (unpaired) electrons. The molecule has 0 bridgehead atoms. The molecule has 1 unspecified atom stereocenters. The van der Waals surface area contributed by atoms with Crippen LogP contribution in [0.3, 0.4) is 0 Å². The van der Waals surface area contributed by atoms with Crippen LogP contribution in [0.5, 0.6) is 0 Å². The van der Waals surface area contributed by atoms with Gasteiger partial charge >= 0.3 is 0 Å². The molecule has 0 amide bonds. The number of pyridine rings is 1. The molecule has 0 aliphatic heterocycles. The van der Waals surface area contributed by atoms with Crippen LogP contribution in [0.2, 0.25) is 0 Å². The van der Waals surface area contributed by atoms with Crippen LogP contribution >= 0.6 is 0 Å². The second kappa shape index (κ2) is 4.18. The molecule has 0 aliphatic carbocycles. The molecular weight excluding hydrogens is 192 g/mol. The monoisotopic (exact) mass is 204 g/mol. The minimum Gasteiger partial charge on any atom is -0.418 e. The topological polar surface area (TPSA) is 77.8 Å². The van der Waals surface area contributed by atoms with E-state index >= 15 is 0 Å². The Balaban J connectivity index is 2.28. The van der Waals surface area contributed by atoms with E-state index in [0.717, 1.165) is 6.42 Å². The van der Waals surface area contributed by atoms with Crippen LogP contribution in [0.25, 0.3) is 11.6 Å². The lowest BCUT2D eigenvalue weighted by molar-refractivity contribution is 0.452. The minimum absolute atomic E-state index is 0.199. The Morgan fingerprint density at radius 3 is 2.93 bits per heavy atom. The molecule has 0 fully saturated rings. The number of rotatable bonds is 3. The molecule has 2 N–H and O–H groups in total. The van der Waals surface area contributed by atoms with Crippen molar-refractivity contribution < 1.29 is 4.42 Å². The molecule has 15 heavy (non-hydrogen) atoms. The Bertz CT molecular complexity index is 426. The predicted molar refractivity (Wildman–Crippen MR) is 54.7 cm³/mol. The van der Waals surface area contributed by atoms with Gasteiger partial charge < -0.3 is 10.2 Å². The molecule has 5 heteroatoms. The van der Waals surface area contributed by atoms with E-state index in [0.29, 0.717) is 17.5 Å². The molecule has 78 valence electrons. The first kappa shape index (κ1) is 9.79. The van der Waals surface area contributed by atoms with E-state index in [1.165, 1.54) is 0 Å². The van der Waals surface area contributed by atoms with Crippen molar-refractivity contribution in [3.8, 4) is 11.6 Å². The third-order valence-electron chi connectivity index (χ3n) is 2.08. The van der Waals surface area contributed by atoms with Gasteiger partial charge in [0.05, 0.1) is 6.04 Å². The molecule has 1 atom stereocenters. The number of nitrogens with two attached hydrogens (primary N) is 1. The van der Waals surface area contributed by atoms with Crippen molar-refractivity contribution in [2.45, 2.75) is 19.4 Å². The van der Waals surface area contributed by atoms with Crippen molar-refractivity contribution in [3.63, 3.8) is 0 Å². The van der Waals surface area contributed by atoms with E-state index < -0.39 is 0 Å². The average molecular weight is 204 g/mol. The lowest BCUT2D eigenvalue weighted by Gasteiger charge is -1.99. The summed E-state index contributed by atoms with van der Waals surface area (Å²) in [6, 6.07) is 5.31. The van der Waals surface area contributed by atoms with Crippen molar-refractivity contribution in [2.24, 2.45) is 5.73 Å². The standard InChI is InChI=1S/C10H12N4O/c1-2-7(11)9-13-14-10(15-9)8-5-3-4-6-12-8/h3-7H,2,11H2,1H3. The third-order valence-corrected chi connectivity index (χ3v) is 2.08. The summed E-state index contributed by atoms with van der Waals surface area (Å²) in [5.41, 5.74) is 6.44. The van der Waals surface area contributed by atoms with E-state index in [1.807, 2.05) is 25.1 Å². The Morgan fingerprint density at radius 1 is 1.40 bits per heavy atom. The summed E-state index contributed by atoms with van der Waals surface area (Å²) in [5.74, 6) is 0.868. The molecule has 0 spiro atoms. The van der Waals surface area contributed by atoms with E-state index in [4.69, 9.17) is 10.2 Å². The largest absolute Gasteiger partial charge is 0.418 e. The van der Waals surface area contributed by atoms with Gasteiger partial charge in [0.2, 0.25) is 5.89 Å². The first-order valence-corrected chi connectivity index (χ1v) is 4.81. The van der Waals surface area contributed by atoms with Crippen LogP contribution in [0.15, 0.2) is 28.8 Å². The molecule has 0 saturated heterocycles. The van der Waals surface area contributed by atoms with Crippen LogP contribution in [-0.2, 0) is 0 Å². The zero-order valence-corrected chi connectivity index (χ0v) is 8.42. The maximum absolute atomic E-state index is 5.77. The Kier molecular flexibility index (Phi) is 2.73. The fourth-order valence-corrected chi connectivity index (χ4v) is 1.15. The van der Waals surface area contributed by atoms with E-state index in [-0.39, 0.29) is 6.04 Å². The van der Waals surface area contributed by atoms with Gasteiger partial charge in [0, 0.05) is 6.20 Å². The summed E-state index contributed by atoms with van der Waals surface area (Å²) < 4.78 is 5.41. The van der Waals surface area contributed by atoms with Crippen molar-refractivity contribution in [3.05, 3.63) is 30.3 Å². The second-order valence-corrected chi connectivity index (χ2v) is 3.18. The lowest BCUT2D eigenvalue weighted by atomic mass is 10.2. The molecule has 0 saturated carbocycles. The second-order valence-electron chi connectivity index (χ2n) is 3.18. The molecule has 2 aromatic heterocycles. The van der Waals surface area contributed by atoms with Crippen molar-refractivity contribution in [1.29, 1.82) is 0 Å². The maximum Gasteiger partial charge on any atom is 0.266 e. The zero-order valence-electron chi connectivity index (χ0n) is 8.42. The van der Waals surface area contributed by atoms with Gasteiger partial charge in [-0.15, -0.1) is 10.2 Å². The summed E-state index contributed by atoms with van der Waals surface area (Å²) in [7, 11) is 0. The van der Waals surface area contributed by atoms with Gasteiger partial charge in [0.1, 0.15) is 5.69 Å². The van der Waals surface area contributed by atoms with E-state index in [2.05, 4.69) is 15.2 Å². The zero-order chi connectivity index (χ0) is 10.7. The smallest absolute Gasteiger partial charge is 0.266 e. The normalized spacial score (nSPS) is 12.7. The third kappa shape index (κ3) is 2.02. The van der Waals surface area contributed by atoms with Crippen molar-refractivity contribution in [1.82, 2.24) is 15.2 Å². The highest BCUT2D eigenvalue weighted by Gasteiger charge is 2.13. The highest BCUT2D eigenvalue weighted by Crippen LogP contribution is 2.18.